The minimum Gasteiger partial charge on any atom is -0.0616 e. The Morgan fingerprint density at radius 2 is 1.55 bits per heavy atom. The first kappa shape index (κ1) is 10.4. The van der Waals surface area contributed by atoms with E-state index in [2.05, 4.69) is 61.5 Å². The van der Waals surface area contributed by atoms with Gasteiger partial charge < -0.3 is 0 Å². The zero-order valence-electron chi connectivity index (χ0n) is 11.4. The monoisotopic (exact) mass is 254 g/mol. The van der Waals surface area contributed by atoms with Crippen molar-refractivity contribution >= 4 is 32.3 Å². The van der Waals surface area contributed by atoms with Crippen LogP contribution in [0.4, 0.5) is 0 Å². The molecule has 0 saturated carbocycles. The molecule has 94 valence electrons. The molecule has 0 aromatic heterocycles. The van der Waals surface area contributed by atoms with Crippen molar-refractivity contribution in [1.82, 2.24) is 0 Å². The van der Waals surface area contributed by atoms with Gasteiger partial charge in [0, 0.05) is 0 Å². The molecule has 0 amide bonds. The molecule has 4 aromatic rings. The molecule has 0 spiro atoms. The first-order valence-corrected chi connectivity index (χ1v) is 7.19. The summed E-state index contributed by atoms with van der Waals surface area (Å²) in [7, 11) is 0. The molecule has 0 saturated heterocycles. The molecule has 0 radical (unpaired) electrons. The lowest BCUT2D eigenvalue weighted by Gasteiger charge is -2.11. The third-order valence-electron chi connectivity index (χ3n) is 4.86. The fourth-order valence-electron chi connectivity index (χ4n) is 3.96. The minimum absolute atomic E-state index is 1.08. The number of rotatable bonds is 0. The summed E-state index contributed by atoms with van der Waals surface area (Å²) in [5, 5.41) is 8.62. The molecular weight excluding hydrogens is 240 g/mol. The van der Waals surface area contributed by atoms with Crippen molar-refractivity contribution in [1.29, 1.82) is 0 Å². The van der Waals surface area contributed by atoms with Crippen LogP contribution in [0.2, 0.25) is 0 Å². The van der Waals surface area contributed by atoms with Crippen molar-refractivity contribution in [3.05, 3.63) is 71.3 Å². The summed E-state index contributed by atoms with van der Waals surface area (Å²) < 4.78 is 0. The van der Waals surface area contributed by atoms with Crippen molar-refractivity contribution < 1.29 is 0 Å². The van der Waals surface area contributed by atoms with Crippen LogP contribution in [-0.2, 0) is 6.42 Å². The Balaban J connectivity index is 2.18. The van der Waals surface area contributed by atoms with Gasteiger partial charge in [0.25, 0.3) is 0 Å². The zero-order chi connectivity index (χ0) is 13.3. The summed E-state index contributed by atoms with van der Waals surface area (Å²) in [5.74, 6) is 0. The highest BCUT2D eigenvalue weighted by Gasteiger charge is 2.20. The smallest absolute Gasteiger partial charge is 0.000683 e. The van der Waals surface area contributed by atoms with Gasteiger partial charge in [-0.25, -0.2) is 0 Å². The molecular formula is C20H14. The summed E-state index contributed by atoms with van der Waals surface area (Å²) in [4.78, 5) is 0. The Morgan fingerprint density at radius 1 is 0.700 bits per heavy atom. The van der Waals surface area contributed by atoms with E-state index >= 15 is 0 Å². The number of benzene rings is 4. The van der Waals surface area contributed by atoms with E-state index in [1.165, 1.54) is 49.0 Å². The number of fused-ring (bicyclic) bond motifs is 2. The number of hydrogen-bond donors (Lipinski definition) is 0. The normalized spacial score (nSPS) is 13.1. The van der Waals surface area contributed by atoms with E-state index in [9.17, 15) is 0 Å². The predicted octanol–water partition coefficient (Wildman–Crippen LogP) is 5.36. The van der Waals surface area contributed by atoms with Crippen molar-refractivity contribution in [2.75, 3.05) is 0 Å². The third-order valence-corrected chi connectivity index (χ3v) is 4.86. The van der Waals surface area contributed by atoms with Gasteiger partial charge >= 0.3 is 0 Å². The molecule has 1 aliphatic carbocycles. The van der Waals surface area contributed by atoms with E-state index in [0.717, 1.165) is 6.42 Å². The molecule has 0 heteroatoms. The van der Waals surface area contributed by atoms with Gasteiger partial charge in [0.05, 0.1) is 0 Å². The van der Waals surface area contributed by atoms with Gasteiger partial charge in [-0.05, 0) is 62.4 Å². The Labute approximate surface area is 117 Å². The summed E-state index contributed by atoms with van der Waals surface area (Å²) in [6.07, 6.45) is 1.08. The lowest BCUT2D eigenvalue weighted by Crippen LogP contribution is -1.88. The van der Waals surface area contributed by atoms with Crippen LogP contribution in [-0.4, -0.2) is 0 Å². The van der Waals surface area contributed by atoms with Gasteiger partial charge in [0.1, 0.15) is 0 Å². The fraction of sp³-hybridized carbons (Fsp3) is 0.100. The van der Waals surface area contributed by atoms with Crippen LogP contribution in [0, 0.1) is 6.92 Å². The summed E-state index contributed by atoms with van der Waals surface area (Å²) in [6.45, 7) is 2.26. The van der Waals surface area contributed by atoms with Crippen LogP contribution < -0.4 is 0 Å². The molecule has 4 aromatic carbocycles. The van der Waals surface area contributed by atoms with E-state index < -0.39 is 0 Å². The van der Waals surface area contributed by atoms with E-state index in [1.807, 2.05) is 0 Å². The maximum absolute atomic E-state index is 2.30. The highest BCUT2D eigenvalue weighted by atomic mass is 14.2. The topological polar surface area (TPSA) is 0 Å². The molecule has 0 aliphatic heterocycles. The van der Waals surface area contributed by atoms with Gasteiger partial charge in [-0.15, -0.1) is 0 Å². The van der Waals surface area contributed by atoms with Gasteiger partial charge in [-0.1, -0.05) is 54.6 Å². The van der Waals surface area contributed by atoms with E-state index in [0.29, 0.717) is 0 Å². The van der Waals surface area contributed by atoms with Crippen LogP contribution in [0.15, 0.2) is 54.6 Å². The average molecular weight is 254 g/mol. The largest absolute Gasteiger partial charge is 0.0616 e. The lowest BCUT2D eigenvalue weighted by atomic mass is 9.92. The van der Waals surface area contributed by atoms with Crippen LogP contribution >= 0.6 is 0 Å². The van der Waals surface area contributed by atoms with Crippen LogP contribution in [0.5, 0.6) is 0 Å². The summed E-state index contributed by atoms with van der Waals surface area (Å²) in [5.41, 5.74) is 4.42. The van der Waals surface area contributed by atoms with Gasteiger partial charge in [0.15, 0.2) is 0 Å². The zero-order valence-corrected chi connectivity index (χ0v) is 11.4. The molecule has 20 heavy (non-hydrogen) atoms. The quantitative estimate of drug-likeness (QED) is 0.258. The average Bonchev–Trinajstić information content (AvgIpc) is 2.89. The van der Waals surface area contributed by atoms with E-state index in [-0.39, 0.29) is 0 Å². The third kappa shape index (κ3) is 1.09. The van der Waals surface area contributed by atoms with Crippen LogP contribution in [0.1, 0.15) is 16.7 Å². The van der Waals surface area contributed by atoms with Gasteiger partial charge in [0.2, 0.25) is 0 Å². The second kappa shape index (κ2) is 3.40. The Kier molecular flexibility index (Phi) is 1.78. The Hall–Kier alpha value is -2.34. The standard InChI is InChI=1S/C20H14/c1-12-15-7-2-3-8-17(15)18-11-14-6-4-5-13-9-10-16(12)20(18)19(13)14/h2-10H,11H2,1H3. The number of aryl methyl sites for hydroxylation is 1. The molecule has 0 N–H and O–H groups in total. The molecule has 0 bridgehead atoms. The first-order valence-electron chi connectivity index (χ1n) is 7.19. The molecule has 0 atom stereocenters. The van der Waals surface area contributed by atoms with Crippen molar-refractivity contribution in [3.8, 4) is 0 Å². The highest BCUT2D eigenvalue weighted by Crippen LogP contribution is 2.43. The molecule has 0 unspecified atom stereocenters. The van der Waals surface area contributed by atoms with Crippen molar-refractivity contribution in [2.24, 2.45) is 0 Å². The summed E-state index contributed by atoms with van der Waals surface area (Å²) >= 11 is 0. The van der Waals surface area contributed by atoms with E-state index in [4.69, 9.17) is 0 Å². The predicted molar refractivity (Wildman–Crippen MR) is 86.5 cm³/mol. The second-order valence-corrected chi connectivity index (χ2v) is 5.83. The van der Waals surface area contributed by atoms with Gasteiger partial charge in [-0.2, -0.15) is 0 Å². The maximum atomic E-state index is 2.30. The summed E-state index contributed by atoms with van der Waals surface area (Å²) in [6, 6.07) is 20.1. The maximum Gasteiger partial charge on any atom is -0.000683 e. The Morgan fingerprint density at radius 3 is 2.45 bits per heavy atom. The van der Waals surface area contributed by atoms with Crippen molar-refractivity contribution in [2.45, 2.75) is 13.3 Å². The second-order valence-electron chi connectivity index (χ2n) is 5.83. The molecule has 5 rings (SSSR count). The molecule has 1 aliphatic rings. The molecule has 0 nitrogen and oxygen atoms in total. The van der Waals surface area contributed by atoms with Crippen molar-refractivity contribution in [3.63, 3.8) is 0 Å². The van der Waals surface area contributed by atoms with Crippen LogP contribution in [0.3, 0.4) is 0 Å². The van der Waals surface area contributed by atoms with E-state index in [1.54, 1.807) is 0 Å². The fourth-order valence-corrected chi connectivity index (χ4v) is 3.96. The molecule has 0 fully saturated rings. The van der Waals surface area contributed by atoms with Gasteiger partial charge in [-0.3, -0.25) is 0 Å². The van der Waals surface area contributed by atoms with Crippen LogP contribution in [0.25, 0.3) is 32.3 Å². The SMILES string of the molecule is Cc1c2ccccc2c2c3c1ccc1cccc(c13)C2. The lowest BCUT2D eigenvalue weighted by molar-refractivity contribution is 1.29. The first-order chi connectivity index (χ1) is 9.84. The minimum atomic E-state index is 1.08. The molecule has 0 heterocycles. The highest BCUT2D eigenvalue weighted by molar-refractivity contribution is 6.20. The Bertz CT molecular complexity index is 1020. The number of hydrogen-bond acceptors (Lipinski definition) is 0.